The van der Waals surface area contributed by atoms with Gasteiger partial charge < -0.3 is 14.6 Å². The smallest absolute Gasteiger partial charge is 0.343 e. The van der Waals surface area contributed by atoms with E-state index in [-0.39, 0.29) is 33.6 Å². The molecule has 1 aliphatic carbocycles. The van der Waals surface area contributed by atoms with Crippen LogP contribution in [0.5, 0.6) is 0 Å². The van der Waals surface area contributed by atoms with Crippen LogP contribution in [-0.2, 0) is 10.2 Å². The van der Waals surface area contributed by atoms with Gasteiger partial charge in [0.1, 0.15) is 11.6 Å². The number of carbonyl (C=O) groups excluding carboxylic acids is 1. The van der Waals surface area contributed by atoms with Crippen LogP contribution < -0.4 is 5.56 Å². The molecule has 2 fully saturated rings. The molecule has 5 atom stereocenters. The molecule has 1 spiro atoms. The quantitative estimate of drug-likeness (QED) is 0.448. The number of esters is 1. The van der Waals surface area contributed by atoms with Crippen molar-refractivity contribution in [2.75, 3.05) is 20.2 Å². The van der Waals surface area contributed by atoms with Gasteiger partial charge in [0, 0.05) is 24.5 Å². The minimum atomic E-state index is -0.591. The first kappa shape index (κ1) is 17.4. The van der Waals surface area contributed by atoms with Crippen LogP contribution in [0.15, 0.2) is 35.1 Å². The van der Waals surface area contributed by atoms with Gasteiger partial charge >= 0.3 is 5.97 Å². The van der Waals surface area contributed by atoms with Gasteiger partial charge in [0.15, 0.2) is 0 Å². The second kappa shape index (κ2) is 5.37. The number of pyridine rings is 1. The number of fused-ring (bicyclic) bond motifs is 4. The molecule has 2 aromatic rings. The number of hydrogen-bond acceptors (Lipinski definition) is 4. The van der Waals surface area contributed by atoms with E-state index in [0.717, 1.165) is 41.8 Å². The Morgan fingerprint density at radius 1 is 1.38 bits per heavy atom. The highest BCUT2D eigenvalue weighted by Gasteiger charge is 2.67. The Hall–Kier alpha value is -2.44. The van der Waals surface area contributed by atoms with Crippen LogP contribution in [0.2, 0.25) is 0 Å². The van der Waals surface area contributed by atoms with Gasteiger partial charge in [-0.25, -0.2) is 4.79 Å². The fraction of sp³-hybridized carbons (Fsp3) is 0.478. The number of nitrogens with zero attached hydrogens (tertiary/aromatic N) is 2. The first-order valence-electron chi connectivity index (χ1n) is 10.5. The summed E-state index contributed by atoms with van der Waals surface area (Å²) in [6, 6.07) is 9.68. The van der Waals surface area contributed by atoms with Crippen molar-refractivity contribution >= 4 is 5.97 Å². The summed E-state index contributed by atoms with van der Waals surface area (Å²) in [7, 11) is 1.31. The van der Waals surface area contributed by atoms with Crippen LogP contribution in [-0.4, -0.2) is 41.4 Å². The summed E-state index contributed by atoms with van der Waals surface area (Å²) < 4.78 is 6.53. The van der Waals surface area contributed by atoms with Crippen LogP contribution in [0.25, 0.3) is 5.69 Å². The number of carbonyl (C=O) groups is 1. The van der Waals surface area contributed by atoms with Gasteiger partial charge in [-0.05, 0) is 35.6 Å². The first-order valence-corrected chi connectivity index (χ1v) is 10.5. The van der Waals surface area contributed by atoms with E-state index >= 15 is 0 Å². The molecule has 6 nitrogen and oxygen atoms in total. The third-order valence-corrected chi connectivity index (χ3v) is 8.22. The molecule has 4 heterocycles. The maximum absolute atomic E-state index is 13.9. The third-order valence-electron chi connectivity index (χ3n) is 8.22. The molecule has 0 N–H and O–H groups in total. The second-order valence-corrected chi connectivity index (χ2v) is 9.12. The van der Waals surface area contributed by atoms with E-state index in [1.165, 1.54) is 7.11 Å². The monoisotopic (exact) mass is 392 g/mol. The summed E-state index contributed by atoms with van der Waals surface area (Å²) in [5.74, 6) is -0.126. The minimum absolute atomic E-state index is 0.0546. The summed E-state index contributed by atoms with van der Waals surface area (Å²) >= 11 is 0. The number of aromatic nitrogens is 1. The van der Waals surface area contributed by atoms with E-state index in [2.05, 4.69) is 13.0 Å². The van der Waals surface area contributed by atoms with Crippen molar-refractivity contribution in [3.63, 3.8) is 0 Å². The molecule has 3 aliphatic heterocycles. The van der Waals surface area contributed by atoms with Crippen LogP contribution >= 0.6 is 0 Å². The molecule has 2 bridgehead atoms. The molecule has 150 valence electrons. The lowest BCUT2D eigenvalue weighted by Crippen LogP contribution is -2.61. The van der Waals surface area contributed by atoms with E-state index in [0.29, 0.717) is 13.1 Å². The van der Waals surface area contributed by atoms with Crippen LogP contribution in [0, 0.1) is 11.1 Å². The Labute approximate surface area is 168 Å². The summed E-state index contributed by atoms with van der Waals surface area (Å²) in [6.07, 6.45) is 2.50. The van der Waals surface area contributed by atoms with Gasteiger partial charge in [-0.15, -0.1) is 0 Å². The fourth-order valence-corrected chi connectivity index (χ4v) is 7.08. The normalized spacial score (nSPS) is 35.2. The van der Waals surface area contributed by atoms with Crippen molar-refractivity contribution in [3.8, 4) is 5.69 Å². The lowest BCUT2D eigenvalue weighted by atomic mass is 9.59. The van der Waals surface area contributed by atoms with Gasteiger partial charge in [-0.3, -0.25) is 9.36 Å². The van der Waals surface area contributed by atoms with E-state index in [1.807, 2.05) is 18.2 Å². The molecule has 2 saturated heterocycles. The Morgan fingerprint density at radius 3 is 2.93 bits per heavy atom. The molecule has 1 aromatic carbocycles. The van der Waals surface area contributed by atoms with Crippen molar-refractivity contribution in [2.24, 2.45) is 5.92 Å². The lowest BCUT2D eigenvalue weighted by Gasteiger charge is -2.57. The molecule has 6 rings (SSSR count). The number of hydroxylamine groups is 3. The van der Waals surface area contributed by atoms with Crippen molar-refractivity contribution in [1.82, 2.24) is 4.57 Å². The zero-order valence-corrected chi connectivity index (χ0v) is 16.7. The summed E-state index contributed by atoms with van der Waals surface area (Å²) in [4.78, 5) is 25.9. The standard InChI is InChI=1S/C23H24N2O4/c1-3-13-12-25(28)9-8-23-17-6-4-5-7-18(17)24-20(23)15(14(13)11-19(23)25)10-16(21(24)26)22(27)29-2/h4-7,10,13-14,19H,3,8-9,11-12H2,1-2H3/t13-,14-,19+,23-,25?/m1/s1. The Balaban J connectivity index is 1.77. The van der Waals surface area contributed by atoms with Crippen molar-refractivity contribution in [3.05, 3.63) is 68.3 Å². The highest BCUT2D eigenvalue weighted by atomic mass is 16.6. The van der Waals surface area contributed by atoms with Crippen molar-refractivity contribution < 1.29 is 14.2 Å². The summed E-state index contributed by atoms with van der Waals surface area (Å²) in [5, 5.41) is 13.9. The molecule has 4 aliphatic rings. The number of ether oxygens (including phenoxy) is 1. The number of rotatable bonds is 2. The molecule has 0 radical (unpaired) electrons. The molecule has 0 saturated carbocycles. The average molecular weight is 392 g/mol. The fourth-order valence-electron chi connectivity index (χ4n) is 7.08. The number of benzene rings is 1. The van der Waals surface area contributed by atoms with Gasteiger partial charge in [-0.1, -0.05) is 25.1 Å². The number of methoxy groups -OCH3 is 1. The van der Waals surface area contributed by atoms with Gasteiger partial charge in [-0.2, -0.15) is 0 Å². The molecular formula is C23H24N2O4. The number of piperidine rings is 1. The number of para-hydroxylation sites is 1. The van der Waals surface area contributed by atoms with Gasteiger partial charge in [0.25, 0.3) is 5.56 Å². The van der Waals surface area contributed by atoms with Crippen LogP contribution in [0.3, 0.4) is 0 Å². The summed E-state index contributed by atoms with van der Waals surface area (Å²) in [5.41, 5.74) is 3.31. The number of hydrogen-bond donors (Lipinski definition) is 0. The SMILES string of the molecule is CC[C@@H]1C[N+]2([O-])CC[C@]34c5ccccc5-n5c3c(cc(C(=O)OC)c5=O)[C@@H]1C[C@@H]42. The summed E-state index contributed by atoms with van der Waals surface area (Å²) in [6.45, 7) is 3.36. The number of quaternary nitrogens is 1. The Kier molecular flexibility index (Phi) is 3.23. The maximum atomic E-state index is 13.9. The molecule has 1 aromatic heterocycles. The maximum Gasteiger partial charge on any atom is 0.343 e. The van der Waals surface area contributed by atoms with Crippen LogP contribution in [0.4, 0.5) is 0 Å². The van der Waals surface area contributed by atoms with E-state index < -0.39 is 11.4 Å². The van der Waals surface area contributed by atoms with Crippen molar-refractivity contribution in [1.29, 1.82) is 0 Å². The zero-order valence-electron chi connectivity index (χ0n) is 16.7. The zero-order chi connectivity index (χ0) is 20.1. The average Bonchev–Trinajstić information content (AvgIpc) is 3.23. The lowest BCUT2D eigenvalue weighted by molar-refractivity contribution is -0.904. The van der Waals surface area contributed by atoms with Gasteiger partial charge in [0.2, 0.25) is 0 Å². The largest absolute Gasteiger partial charge is 0.633 e. The topological polar surface area (TPSA) is 71.4 Å². The second-order valence-electron chi connectivity index (χ2n) is 9.12. The highest BCUT2D eigenvalue weighted by molar-refractivity contribution is 5.89. The predicted octanol–water partition coefficient (Wildman–Crippen LogP) is 2.84. The Bertz CT molecular complexity index is 1140. The third kappa shape index (κ3) is 1.81. The molecule has 29 heavy (non-hydrogen) atoms. The Morgan fingerprint density at radius 2 is 2.17 bits per heavy atom. The van der Waals surface area contributed by atoms with Gasteiger partial charge in [0.05, 0.1) is 31.3 Å². The van der Waals surface area contributed by atoms with E-state index in [4.69, 9.17) is 4.74 Å². The predicted molar refractivity (Wildman–Crippen MR) is 107 cm³/mol. The van der Waals surface area contributed by atoms with E-state index in [1.54, 1.807) is 10.6 Å². The molecular weight excluding hydrogens is 368 g/mol. The molecule has 6 heteroatoms. The highest BCUT2D eigenvalue weighted by Crippen LogP contribution is 2.63. The van der Waals surface area contributed by atoms with E-state index in [9.17, 15) is 14.8 Å². The first-order chi connectivity index (χ1) is 14.0. The van der Waals surface area contributed by atoms with Crippen molar-refractivity contribution in [2.45, 2.75) is 43.6 Å². The molecule has 0 amide bonds. The minimum Gasteiger partial charge on any atom is -0.633 e. The molecule has 1 unspecified atom stereocenters. The van der Waals surface area contributed by atoms with Crippen LogP contribution in [0.1, 0.15) is 59.3 Å².